The summed E-state index contributed by atoms with van der Waals surface area (Å²) in [5.74, 6) is -3.01. The van der Waals surface area contributed by atoms with Crippen LogP contribution in [0.4, 0.5) is 0 Å². The van der Waals surface area contributed by atoms with Gasteiger partial charge in [-0.3, -0.25) is 4.79 Å². The van der Waals surface area contributed by atoms with Crippen LogP contribution in [0.1, 0.15) is 98.0 Å². The number of rotatable bonds is 4. The average molecular weight is 655 g/mol. The third-order valence-electron chi connectivity index (χ3n) is 14.7. The molecule has 0 bridgehead atoms. The summed E-state index contributed by atoms with van der Waals surface area (Å²) < 4.78 is 6.58. The zero-order chi connectivity index (χ0) is 34.2. The lowest BCUT2D eigenvalue weighted by Gasteiger charge is -2.67. The van der Waals surface area contributed by atoms with Crippen molar-refractivity contribution in [3.63, 3.8) is 0 Å². The molecule has 4 saturated carbocycles. The van der Waals surface area contributed by atoms with Crippen LogP contribution >= 0.6 is 0 Å². The molecule has 1 aromatic rings. The largest absolute Gasteiger partial charge is 0.508 e. The summed E-state index contributed by atoms with van der Waals surface area (Å²) in [5.41, 5.74) is -3.95. The van der Waals surface area contributed by atoms with Crippen LogP contribution < -0.4 is 0 Å². The Balaban J connectivity index is 1.37. The van der Waals surface area contributed by atoms with Crippen molar-refractivity contribution in [2.75, 3.05) is 0 Å². The standard InChI is InChI=1S/C38H54O9/c1-18(2)19(3)29(43)33-36(6,45)32-26(47-33)16-38(46)23-14-24(41)28-27(20-11-21(39)13-22(40)12-20)30(44)25(42)15-34(28,4)31(23)37(9-7-8-10-37)17-35(32,38)5/h11-14,18-19,25-33,39-40,42-46H,7-10,15-17H2,1-6H3/t19-,25-,26-,27-,28+,29-,30-,31-,32-,33-,34-,35+,36+,38+/m0/s1. The fourth-order valence-electron chi connectivity index (χ4n) is 12.8. The van der Waals surface area contributed by atoms with E-state index in [1.165, 1.54) is 18.2 Å². The van der Waals surface area contributed by atoms with Crippen LogP contribution in [0.5, 0.6) is 11.5 Å². The minimum Gasteiger partial charge on any atom is -0.508 e. The quantitative estimate of drug-likeness (QED) is 0.254. The number of ether oxygens (including phenoxy) is 1. The van der Waals surface area contributed by atoms with Gasteiger partial charge < -0.3 is 40.5 Å². The molecule has 1 spiro atoms. The van der Waals surface area contributed by atoms with E-state index in [0.717, 1.165) is 25.7 Å². The number of hydrogen-bond acceptors (Lipinski definition) is 9. The van der Waals surface area contributed by atoms with Gasteiger partial charge in [0, 0.05) is 35.7 Å². The van der Waals surface area contributed by atoms with Gasteiger partial charge in [-0.1, -0.05) is 47.5 Å². The van der Waals surface area contributed by atoms with Gasteiger partial charge in [-0.25, -0.2) is 0 Å². The molecule has 0 unspecified atom stereocenters. The molecular weight excluding hydrogens is 600 g/mol. The number of phenols is 2. The summed E-state index contributed by atoms with van der Waals surface area (Å²) in [6.45, 7) is 11.9. The van der Waals surface area contributed by atoms with Crippen LogP contribution in [-0.4, -0.2) is 83.3 Å². The van der Waals surface area contributed by atoms with Crippen LogP contribution in [0.2, 0.25) is 0 Å². The first-order valence-electron chi connectivity index (χ1n) is 17.8. The van der Waals surface area contributed by atoms with E-state index in [2.05, 4.69) is 0 Å². The van der Waals surface area contributed by atoms with Crippen LogP contribution in [0, 0.1) is 45.8 Å². The highest BCUT2D eigenvalue weighted by Crippen LogP contribution is 2.77. The van der Waals surface area contributed by atoms with E-state index >= 15 is 0 Å². The van der Waals surface area contributed by atoms with E-state index in [4.69, 9.17) is 4.74 Å². The summed E-state index contributed by atoms with van der Waals surface area (Å²) in [7, 11) is 0. The first-order valence-corrected chi connectivity index (χ1v) is 17.8. The molecule has 260 valence electrons. The Morgan fingerprint density at radius 2 is 1.55 bits per heavy atom. The summed E-state index contributed by atoms with van der Waals surface area (Å²) in [4.78, 5) is 14.6. The minimum atomic E-state index is -1.48. The van der Waals surface area contributed by atoms with Crippen molar-refractivity contribution in [3.05, 3.63) is 35.4 Å². The van der Waals surface area contributed by atoms with Gasteiger partial charge in [0.2, 0.25) is 0 Å². The van der Waals surface area contributed by atoms with E-state index in [0.29, 0.717) is 17.6 Å². The third kappa shape index (κ3) is 4.32. The SMILES string of the molecule is CC(C)[C@H](C)[C@H](O)[C@@H]1O[C@H]2C[C@@]3(O)C4=CC(=O)[C@@H]5[C@H](c6cc(O)cc(O)c6)[C@@H](O)[C@@H](O)C[C@]5(C)[C@H]4C4(CCCC4)C[C@]3(C)[C@H]2[C@@]1(C)O. The second kappa shape index (κ2) is 10.5. The number of fused-ring (bicyclic) bond motifs is 8. The van der Waals surface area contributed by atoms with Crippen molar-refractivity contribution in [3.8, 4) is 11.5 Å². The van der Waals surface area contributed by atoms with Gasteiger partial charge in [0.15, 0.2) is 5.78 Å². The molecule has 9 heteroatoms. The lowest BCUT2D eigenvalue weighted by Crippen LogP contribution is -2.68. The number of allylic oxidation sites excluding steroid dienone is 1. The number of aliphatic hydroxyl groups excluding tert-OH is 3. The topological polar surface area (TPSA) is 168 Å². The molecule has 5 aliphatic carbocycles. The summed E-state index contributed by atoms with van der Waals surface area (Å²) in [5, 5.41) is 80.6. The number of benzene rings is 1. The van der Waals surface area contributed by atoms with Crippen LogP contribution in [0.15, 0.2) is 29.8 Å². The Hall–Kier alpha value is -2.01. The highest BCUT2D eigenvalue weighted by Gasteiger charge is 2.79. The number of carbonyl (C=O) groups excluding carboxylic acids is 1. The van der Waals surface area contributed by atoms with Gasteiger partial charge >= 0.3 is 0 Å². The van der Waals surface area contributed by atoms with Crippen molar-refractivity contribution in [2.24, 2.45) is 45.8 Å². The predicted molar refractivity (Wildman–Crippen MR) is 173 cm³/mol. The molecule has 1 saturated heterocycles. The molecule has 0 aromatic heterocycles. The Bertz CT molecular complexity index is 1460. The molecule has 0 amide bonds. The van der Waals surface area contributed by atoms with Gasteiger partial charge in [0.1, 0.15) is 17.6 Å². The molecule has 7 N–H and O–H groups in total. The van der Waals surface area contributed by atoms with E-state index in [1.807, 2.05) is 34.6 Å². The third-order valence-corrected chi connectivity index (χ3v) is 14.7. The van der Waals surface area contributed by atoms with E-state index in [1.54, 1.807) is 13.0 Å². The molecule has 0 radical (unpaired) electrons. The van der Waals surface area contributed by atoms with Crippen LogP contribution in [0.3, 0.4) is 0 Å². The molecule has 1 aliphatic heterocycles. The molecule has 1 heterocycles. The maximum Gasteiger partial charge on any atom is 0.160 e. The normalized spacial score (nSPS) is 48.1. The zero-order valence-corrected chi connectivity index (χ0v) is 28.6. The number of hydrogen-bond donors (Lipinski definition) is 7. The lowest BCUT2D eigenvalue weighted by molar-refractivity contribution is -0.203. The van der Waals surface area contributed by atoms with Crippen molar-refractivity contribution >= 4 is 5.78 Å². The lowest BCUT2D eigenvalue weighted by atomic mass is 9.37. The molecule has 1 aromatic carbocycles. The Kier molecular flexibility index (Phi) is 7.48. The van der Waals surface area contributed by atoms with E-state index < -0.39 is 70.3 Å². The van der Waals surface area contributed by atoms with E-state index in [9.17, 15) is 40.5 Å². The average Bonchev–Trinajstić information content (AvgIpc) is 3.59. The second-order valence-electron chi connectivity index (χ2n) is 17.6. The van der Waals surface area contributed by atoms with Crippen LogP contribution in [-0.2, 0) is 9.53 Å². The number of carbonyl (C=O) groups is 1. The smallest absolute Gasteiger partial charge is 0.160 e. The molecule has 7 rings (SSSR count). The van der Waals surface area contributed by atoms with Gasteiger partial charge in [0.25, 0.3) is 0 Å². The van der Waals surface area contributed by atoms with E-state index in [-0.39, 0.29) is 53.3 Å². The fourth-order valence-corrected chi connectivity index (χ4v) is 12.8. The fraction of sp³-hybridized carbons (Fsp3) is 0.763. The maximum atomic E-state index is 14.6. The highest BCUT2D eigenvalue weighted by molar-refractivity contribution is 5.96. The summed E-state index contributed by atoms with van der Waals surface area (Å²) >= 11 is 0. The molecule has 9 nitrogen and oxygen atoms in total. The predicted octanol–water partition coefficient (Wildman–Crippen LogP) is 3.95. The molecule has 6 aliphatic rings. The van der Waals surface area contributed by atoms with Gasteiger partial charge in [-0.2, -0.15) is 0 Å². The summed E-state index contributed by atoms with van der Waals surface area (Å²) in [6, 6.07) is 4.08. The number of aromatic hydroxyl groups is 2. The maximum absolute atomic E-state index is 14.6. The van der Waals surface area contributed by atoms with Crippen molar-refractivity contribution in [1.29, 1.82) is 0 Å². The number of phenolic OH excluding ortho intramolecular Hbond substituents is 2. The Labute approximate surface area is 277 Å². The highest BCUT2D eigenvalue weighted by atomic mass is 16.5. The minimum absolute atomic E-state index is 0.112. The van der Waals surface area contributed by atoms with Crippen molar-refractivity contribution in [1.82, 2.24) is 0 Å². The molecule has 47 heavy (non-hydrogen) atoms. The molecule has 5 fully saturated rings. The monoisotopic (exact) mass is 654 g/mol. The number of ketones is 1. The first kappa shape index (κ1) is 33.5. The first-order chi connectivity index (χ1) is 21.8. The van der Waals surface area contributed by atoms with Crippen molar-refractivity contribution < 1.29 is 45.3 Å². The number of aliphatic hydroxyl groups is 5. The summed E-state index contributed by atoms with van der Waals surface area (Å²) in [6.07, 6.45) is 1.55. The van der Waals surface area contributed by atoms with Crippen LogP contribution in [0.25, 0.3) is 0 Å². The zero-order valence-electron chi connectivity index (χ0n) is 28.6. The molecular formula is C38H54O9. The Morgan fingerprint density at radius 1 is 0.936 bits per heavy atom. The van der Waals surface area contributed by atoms with Gasteiger partial charge in [-0.05, 0) is 90.5 Å². The Morgan fingerprint density at radius 3 is 2.15 bits per heavy atom. The van der Waals surface area contributed by atoms with Gasteiger partial charge in [0.05, 0.1) is 35.6 Å². The second-order valence-corrected chi connectivity index (χ2v) is 17.6. The van der Waals surface area contributed by atoms with Crippen molar-refractivity contribution in [2.45, 2.75) is 134 Å². The molecule has 14 atom stereocenters. The van der Waals surface area contributed by atoms with Gasteiger partial charge in [-0.15, -0.1) is 0 Å².